The van der Waals surface area contributed by atoms with Crippen LogP contribution in [0, 0.1) is 12.0 Å². The minimum absolute atomic E-state index is 0. The first kappa shape index (κ1) is 20.3. The zero-order chi connectivity index (χ0) is 15.9. The molecule has 0 spiro atoms. The van der Waals surface area contributed by atoms with Crippen LogP contribution in [0.25, 0.3) is 16.9 Å². The van der Waals surface area contributed by atoms with E-state index in [1.165, 1.54) is 31.5 Å². The van der Waals surface area contributed by atoms with Gasteiger partial charge in [0.2, 0.25) is 0 Å². The summed E-state index contributed by atoms with van der Waals surface area (Å²) in [6, 6.07) is 17.0. The normalized spacial score (nSPS) is 12.3. The molecule has 3 nitrogen and oxygen atoms in total. The SMILES string of the molecule is C=CN[C-](c1cccc(-c2cccc(O)c2)c1)C1CC1.C[NH-].[K+]. The van der Waals surface area contributed by atoms with Gasteiger partial charge in [0.25, 0.3) is 0 Å². The molecular formula is C19H22KN2O-. The smallest absolute Gasteiger partial charge is 0.680 e. The van der Waals surface area contributed by atoms with Crippen LogP contribution in [0.4, 0.5) is 0 Å². The van der Waals surface area contributed by atoms with Gasteiger partial charge in [-0.1, -0.05) is 49.2 Å². The van der Waals surface area contributed by atoms with Crippen molar-refractivity contribution in [2.75, 3.05) is 7.05 Å². The van der Waals surface area contributed by atoms with Gasteiger partial charge in [0.15, 0.2) is 0 Å². The van der Waals surface area contributed by atoms with Gasteiger partial charge in [-0.15, -0.1) is 6.07 Å². The molecule has 2 aromatic carbocycles. The van der Waals surface area contributed by atoms with Crippen molar-refractivity contribution in [3.8, 4) is 16.9 Å². The van der Waals surface area contributed by atoms with Crippen LogP contribution in [0.2, 0.25) is 0 Å². The summed E-state index contributed by atoms with van der Waals surface area (Å²) in [5.74, 6) is 0.927. The molecule has 0 aliphatic heterocycles. The molecule has 1 aliphatic carbocycles. The molecule has 0 unspecified atom stereocenters. The van der Waals surface area contributed by atoms with Crippen LogP contribution in [0.5, 0.6) is 5.75 Å². The molecule has 0 bridgehead atoms. The van der Waals surface area contributed by atoms with Gasteiger partial charge in [-0.05, 0) is 29.8 Å². The van der Waals surface area contributed by atoms with Crippen LogP contribution < -0.4 is 56.7 Å². The second kappa shape index (κ2) is 10.2. The van der Waals surface area contributed by atoms with Crippen LogP contribution in [0.1, 0.15) is 18.4 Å². The van der Waals surface area contributed by atoms with Gasteiger partial charge >= 0.3 is 51.4 Å². The number of hydrogen-bond acceptors (Lipinski definition) is 2. The fourth-order valence-corrected chi connectivity index (χ4v) is 2.47. The molecule has 1 fully saturated rings. The number of nitrogens with one attached hydrogen (secondary N) is 2. The van der Waals surface area contributed by atoms with Crippen LogP contribution in [0.15, 0.2) is 61.3 Å². The minimum atomic E-state index is 0. The number of phenols is 1. The maximum absolute atomic E-state index is 9.60. The second-order valence-corrected chi connectivity index (χ2v) is 5.17. The van der Waals surface area contributed by atoms with Gasteiger partial charge in [-0.2, -0.15) is 24.7 Å². The number of phenolic OH excluding ortho intramolecular Hbond substituents is 1. The molecule has 0 amide bonds. The number of hydrogen-bond donors (Lipinski definition) is 2. The van der Waals surface area contributed by atoms with E-state index < -0.39 is 0 Å². The summed E-state index contributed by atoms with van der Waals surface area (Å²) in [5.41, 5.74) is 9.09. The molecule has 3 N–H and O–H groups in total. The summed E-state index contributed by atoms with van der Waals surface area (Å²) >= 11 is 0. The van der Waals surface area contributed by atoms with E-state index in [1.807, 2.05) is 12.1 Å². The molecular weight excluding hydrogens is 311 g/mol. The van der Waals surface area contributed by atoms with E-state index >= 15 is 0 Å². The number of rotatable bonds is 5. The molecule has 0 aromatic heterocycles. The topological polar surface area (TPSA) is 56.1 Å². The second-order valence-electron chi connectivity index (χ2n) is 5.17. The molecule has 0 saturated heterocycles. The number of aromatic hydroxyl groups is 1. The van der Waals surface area contributed by atoms with Crippen molar-refractivity contribution >= 4 is 0 Å². The van der Waals surface area contributed by atoms with Gasteiger partial charge in [0.1, 0.15) is 5.75 Å². The average Bonchev–Trinajstić information content (AvgIpc) is 3.39. The first-order valence-electron chi connectivity index (χ1n) is 7.42. The Hall–Kier alpha value is -0.754. The van der Waals surface area contributed by atoms with Gasteiger partial charge in [-0.25, -0.2) is 0 Å². The average molecular weight is 333 g/mol. The van der Waals surface area contributed by atoms with E-state index in [1.54, 1.807) is 18.3 Å². The molecule has 2 aromatic rings. The van der Waals surface area contributed by atoms with Crippen LogP contribution in [-0.4, -0.2) is 12.2 Å². The number of benzene rings is 2. The first-order valence-corrected chi connectivity index (χ1v) is 7.42. The van der Waals surface area contributed by atoms with Crippen molar-refractivity contribution in [1.29, 1.82) is 0 Å². The Bertz CT molecular complexity index is 626. The van der Waals surface area contributed by atoms with Crippen molar-refractivity contribution in [2.24, 2.45) is 5.92 Å². The maximum atomic E-state index is 9.60. The monoisotopic (exact) mass is 333 g/mol. The third kappa shape index (κ3) is 5.67. The van der Waals surface area contributed by atoms with Crippen LogP contribution in [0.3, 0.4) is 0 Å². The Morgan fingerprint density at radius 1 is 1.13 bits per heavy atom. The summed E-state index contributed by atoms with van der Waals surface area (Å²) in [6.45, 7) is 3.76. The molecule has 4 heteroatoms. The first-order chi connectivity index (χ1) is 10.8. The molecule has 0 heterocycles. The third-order valence-electron chi connectivity index (χ3n) is 3.60. The van der Waals surface area contributed by atoms with E-state index in [4.69, 9.17) is 5.73 Å². The summed E-state index contributed by atoms with van der Waals surface area (Å²) in [6.07, 6.45) is 4.23. The Kier molecular flexibility index (Phi) is 8.98. The molecule has 0 atom stereocenters. The van der Waals surface area contributed by atoms with Crippen molar-refractivity contribution in [2.45, 2.75) is 12.8 Å². The predicted octanol–water partition coefficient (Wildman–Crippen LogP) is 1.75. The predicted molar refractivity (Wildman–Crippen MR) is 92.2 cm³/mol. The van der Waals surface area contributed by atoms with Gasteiger partial charge in [-0.3, -0.25) is 0 Å². The van der Waals surface area contributed by atoms with Crippen molar-refractivity contribution < 1.29 is 56.5 Å². The Morgan fingerprint density at radius 3 is 2.30 bits per heavy atom. The minimum Gasteiger partial charge on any atom is -0.680 e. The van der Waals surface area contributed by atoms with E-state index in [9.17, 15) is 5.11 Å². The summed E-state index contributed by atoms with van der Waals surface area (Å²) in [4.78, 5) is 0. The van der Waals surface area contributed by atoms with Crippen LogP contribution in [-0.2, 0) is 0 Å². The quantitative estimate of drug-likeness (QED) is 0.647. The van der Waals surface area contributed by atoms with Gasteiger partial charge in [0, 0.05) is 0 Å². The fourth-order valence-electron chi connectivity index (χ4n) is 2.47. The molecule has 23 heavy (non-hydrogen) atoms. The molecule has 3 rings (SSSR count). The van der Waals surface area contributed by atoms with E-state index in [0.717, 1.165) is 11.1 Å². The molecule has 0 radical (unpaired) electrons. The zero-order valence-electron chi connectivity index (χ0n) is 13.8. The third-order valence-corrected chi connectivity index (χ3v) is 3.60. The van der Waals surface area contributed by atoms with Crippen LogP contribution >= 0.6 is 0 Å². The Morgan fingerprint density at radius 2 is 1.74 bits per heavy atom. The van der Waals surface area contributed by atoms with Crippen molar-refractivity contribution in [1.82, 2.24) is 5.32 Å². The Labute approximate surface area is 181 Å². The summed E-state index contributed by atoms with van der Waals surface area (Å²) < 4.78 is 0. The zero-order valence-corrected chi connectivity index (χ0v) is 17.0. The molecule has 1 aliphatic rings. The maximum Gasteiger partial charge on any atom is 1.00 e. The van der Waals surface area contributed by atoms with E-state index in [2.05, 4.69) is 36.2 Å². The largest absolute Gasteiger partial charge is 1.00 e. The van der Waals surface area contributed by atoms with Crippen molar-refractivity contribution in [3.05, 3.63) is 78.6 Å². The fraction of sp³-hybridized carbons (Fsp3) is 0.211. The summed E-state index contributed by atoms with van der Waals surface area (Å²) in [5, 5.41) is 12.9. The molecule has 1 saturated carbocycles. The molecule has 116 valence electrons. The Balaban J connectivity index is 0.000000849. The van der Waals surface area contributed by atoms with Gasteiger partial charge < -0.3 is 16.2 Å². The van der Waals surface area contributed by atoms with Gasteiger partial charge in [0.05, 0.1) is 0 Å². The van der Waals surface area contributed by atoms with E-state index in [-0.39, 0.29) is 51.4 Å². The standard InChI is InChI=1S/C18H18NO.CH4N.K/c1-2-19-18(13-9-10-13)16-7-3-5-14(11-16)15-6-4-8-17(20)12-15;1-2;/h2-8,11-13,19-20H,1,9-10H2;2H,1H3;/q2*-1;+1. The van der Waals surface area contributed by atoms with Crippen molar-refractivity contribution in [3.63, 3.8) is 0 Å². The van der Waals surface area contributed by atoms with E-state index in [0.29, 0.717) is 11.7 Å². The summed E-state index contributed by atoms with van der Waals surface area (Å²) in [7, 11) is 1.25.